The molecule has 1 amide bonds. The largest absolute Gasteiger partial charge is 0.480 e. The van der Waals surface area contributed by atoms with Crippen LogP contribution in [0.25, 0.3) is 0 Å². The van der Waals surface area contributed by atoms with E-state index in [4.69, 9.17) is 11.5 Å². The first-order chi connectivity index (χ1) is 12.5. The van der Waals surface area contributed by atoms with Crippen LogP contribution in [0.2, 0.25) is 0 Å². The molecule has 26 heavy (non-hydrogen) atoms. The summed E-state index contributed by atoms with van der Waals surface area (Å²) in [5, 5.41) is 15.4. The Morgan fingerprint density at radius 3 is 2.77 bits per heavy atom. The second-order valence-electron chi connectivity index (χ2n) is 6.07. The normalized spacial score (nSPS) is 13.2. The van der Waals surface area contributed by atoms with E-state index in [0.29, 0.717) is 49.7 Å². The summed E-state index contributed by atoms with van der Waals surface area (Å²) in [6, 6.07) is -0.706. The topological polar surface area (TPSA) is 159 Å². The van der Waals surface area contributed by atoms with Gasteiger partial charge in [0.05, 0.1) is 5.56 Å². The van der Waals surface area contributed by atoms with Crippen LogP contribution in [0, 0.1) is 5.92 Å². The van der Waals surface area contributed by atoms with E-state index < -0.39 is 12.0 Å². The lowest BCUT2D eigenvalue weighted by Crippen LogP contribution is -2.45. The number of nitrogens with two attached hydrogens (primary N) is 2. The van der Waals surface area contributed by atoms with E-state index in [-0.39, 0.29) is 12.5 Å². The van der Waals surface area contributed by atoms with Crippen molar-refractivity contribution in [2.75, 3.05) is 37.3 Å². The predicted molar refractivity (Wildman–Crippen MR) is 99.5 cm³/mol. The van der Waals surface area contributed by atoms with Gasteiger partial charge in [0.15, 0.2) is 0 Å². The van der Waals surface area contributed by atoms with Gasteiger partial charge in [-0.15, -0.1) is 0 Å². The smallest absolute Gasteiger partial charge is 0.320 e. The van der Waals surface area contributed by atoms with Crippen molar-refractivity contribution in [3.63, 3.8) is 0 Å². The summed E-state index contributed by atoms with van der Waals surface area (Å²) in [6.07, 6.45) is 3.42. The van der Waals surface area contributed by atoms with E-state index in [0.717, 1.165) is 6.42 Å². The minimum atomic E-state index is -0.922. The van der Waals surface area contributed by atoms with E-state index in [9.17, 15) is 14.7 Å². The summed E-state index contributed by atoms with van der Waals surface area (Å²) in [6.45, 7) is 3.36. The molecular formula is C16H29N7O3. The van der Waals surface area contributed by atoms with Crippen LogP contribution >= 0.6 is 0 Å². The molecule has 1 rings (SSSR count). The Labute approximate surface area is 153 Å². The molecule has 1 heterocycles. The zero-order valence-corrected chi connectivity index (χ0v) is 15.3. The van der Waals surface area contributed by atoms with E-state index in [1.807, 2.05) is 6.92 Å². The van der Waals surface area contributed by atoms with Crippen molar-refractivity contribution in [3.05, 3.63) is 11.9 Å². The highest BCUT2D eigenvalue weighted by molar-refractivity contribution is 5.76. The number of hydrogen-bond donors (Lipinski definition) is 5. The maximum Gasteiger partial charge on any atom is 0.320 e. The SMILES string of the molecule is CNCc1c(N)ncnc1N(C=O)CCNC(C(=O)O)C(C)CCCN. The average Bonchev–Trinajstić information content (AvgIpc) is 2.61. The Bertz CT molecular complexity index is 585. The molecule has 0 aliphatic rings. The Kier molecular flexibility index (Phi) is 9.48. The van der Waals surface area contributed by atoms with Gasteiger partial charge in [-0.2, -0.15) is 0 Å². The summed E-state index contributed by atoms with van der Waals surface area (Å²) in [4.78, 5) is 32.5. The van der Waals surface area contributed by atoms with Gasteiger partial charge in [-0.25, -0.2) is 9.97 Å². The Morgan fingerprint density at radius 1 is 1.46 bits per heavy atom. The van der Waals surface area contributed by atoms with Crippen molar-refractivity contribution in [1.29, 1.82) is 0 Å². The Balaban J connectivity index is 2.76. The molecule has 2 atom stereocenters. The highest BCUT2D eigenvalue weighted by Gasteiger charge is 2.24. The Morgan fingerprint density at radius 2 is 2.19 bits per heavy atom. The maximum absolute atomic E-state index is 11.5. The van der Waals surface area contributed by atoms with Gasteiger partial charge in [0.25, 0.3) is 0 Å². The summed E-state index contributed by atoms with van der Waals surface area (Å²) in [5.74, 6) is -0.292. The first-order valence-electron chi connectivity index (χ1n) is 8.58. The molecule has 0 spiro atoms. The third-order valence-corrected chi connectivity index (χ3v) is 4.12. The molecule has 0 saturated carbocycles. The minimum absolute atomic E-state index is 0.0738. The molecule has 2 unspecified atom stereocenters. The molecule has 0 aromatic carbocycles. The van der Waals surface area contributed by atoms with Crippen LogP contribution in [-0.2, 0) is 16.1 Å². The van der Waals surface area contributed by atoms with E-state index in [1.54, 1.807) is 7.05 Å². The van der Waals surface area contributed by atoms with Gasteiger partial charge < -0.3 is 27.2 Å². The van der Waals surface area contributed by atoms with Gasteiger partial charge in [0.2, 0.25) is 6.41 Å². The number of amides is 1. The molecule has 1 aromatic heterocycles. The molecule has 0 radical (unpaired) electrons. The Hall–Kier alpha value is -2.30. The second-order valence-corrected chi connectivity index (χ2v) is 6.07. The van der Waals surface area contributed by atoms with Gasteiger partial charge in [0.1, 0.15) is 24.0 Å². The van der Waals surface area contributed by atoms with Crippen LogP contribution in [0.1, 0.15) is 25.3 Å². The first-order valence-corrected chi connectivity index (χ1v) is 8.58. The van der Waals surface area contributed by atoms with Gasteiger partial charge in [-0.1, -0.05) is 6.92 Å². The highest BCUT2D eigenvalue weighted by Crippen LogP contribution is 2.20. The zero-order chi connectivity index (χ0) is 19.5. The van der Waals surface area contributed by atoms with Gasteiger partial charge in [-0.05, 0) is 32.4 Å². The van der Waals surface area contributed by atoms with Crippen LogP contribution in [0.3, 0.4) is 0 Å². The third kappa shape index (κ3) is 6.21. The number of nitrogens with zero attached hydrogens (tertiary/aromatic N) is 3. The highest BCUT2D eigenvalue weighted by atomic mass is 16.4. The summed E-state index contributed by atoms with van der Waals surface area (Å²) >= 11 is 0. The third-order valence-electron chi connectivity index (χ3n) is 4.12. The first kappa shape index (κ1) is 21.7. The molecular weight excluding hydrogens is 338 g/mol. The lowest BCUT2D eigenvalue weighted by Gasteiger charge is -2.24. The van der Waals surface area contributed by atoms with Crippen molar-refractivity contribution in [1.82, 2.24) is 20.6 Å². The molecule has 1 aromatic rings. The number of nitrogens with one attached hydrogen (secondary N) is 2. The van der Waals surface area contributed by atoms with Crippen molar-refractivity contribution in [2.24, 2.45) is 11.7 Å². The molecule has 10 heteroatoms. The van der Waals surface area contributed by atoms with Crippen LogP contribution < -0.4 is 27.0 Å². The molecule has 0 fully saturated rings. The lowest BCUT2D eigenvalue weighted by molar-refractivity contribution is -0.140. The quantitative estimate of drug-likeness (QED) is 0.280. The summed E-state index contributed by atoms with van der Waals surface area (Å²) in [7, 11) is 1.75. The summed E-state index contributed by atoms with van der Waals surface area (Å²) in [5.41, 5.74) is 12.0. The van der Waals surface area contributed by atoms with Crippen LogP contribution in [-0.4, -0.2) is 60.2 Å². The number of hydrogen-bond acceptors (Lipinski definition) is 8. The van der Waals surface area contributed by atoms with E-state index >= 15 is 0 Å². The second kappa shape index (κ2) is 11.3. The number of aliphatic carboxylic acids is 1. The lowest BCUT2D eigenvalue weighted by atomic mass is 9.96. The number of carbonyl (C=O) groups excluding carboxylic acids is 1. The maximum atomic E-state index is 11.5. The molecule has 0 saturated heterocycles. The predicted octanol–water partition coefficient (Wildman–Crippen LogP) is -0.841. The average molecular weight is 367 g/mol. The van der Waals surface area contributed by atoms with Gasteiger partial charge >= 0.3 is 5.97 Å². The van der Waals surface area contributed by atoms with Gasteiger partial charge in [0, 0.05) is 19.6 Å². The standard InChI is InChI=1S/C16H29N7O3/c1-11(4-3-5-17)13(16(25)26)20-6-7-23(10-24)15-12(8-19-2)14(18)21-9-22-15/h9-11,13,19-20H,3-8,17H2,1-2H3,(H,25,26)(H2,18,21,22). The molecule has 10 nitrogen and oxygen atoms in total. The molecule has 7 N–H and O–H groups in total. The number of carbonyl (C=O) groups is 2. The van der Waals surface area contributed by atoms with Crippen molar-refractivity contribution < 1.29 is 14.7 Å². The van der Waals surface area contributed by atoms with Crippen LogP contribution in [0.5, 0.6) is 0 Å². The van der Waals surface area contributed by atoms with Crippen molar-refractivity contribution in [2.45, 2.75) is 32.4 Å². The zero-order valence-electron chi connectivity index (χ0n) is 15.3. The van der Waals surface area contributed by atoms with Gasteiger partial charge in [-0.3, -0.25) is 14.5 Å². The fourth-order valence-electron chi connectivity index (χ4n) is 2.70. The monoisotopic (exact) mass is 367 g/mol. The molecule has 0 aliphatic heterocycles. The molecule has 146 valence electrons. The van der Waals surface area contributed by atoms with Crippen LogP contribution in [0.4, 0.5) is 11.6 Å². The van der Waals surface area contributed by atoms with E-state index in [2.05, 4.69) is 20.6 Å². The van der Waals surface area contributed by atoms with Crippen molar-refractivity contribution >= 4 is 24.0 Å². The summed E-state index contributed by atoms with van der Waals surface area (Å²) < 4.78 is 0. The fourth-order valence-corrected chi connectivity index (χ4v) is 2.70. The number of nitrogen functional groups attached to an aromatic ring is 1. The van der Waals surface area contributed by atoms with Crippen molar-refractivity contribution in [3.8, 4) is 0 Å². The molecule has 0 aliphatic carbocycles. The fraction of sp³-hybridized carbons (Fsp3) is 0.625. The number of carboxylic acids is 1. The van der Waals surface area contributed by atoms with E-state index in [1.165, 1.54) is 11.2 Å². The number of anilines is 2. The number of rotatable bonds is 13. The number of aromatic nitrogens is 2. The van der Waals surface area contributed by atoms with Crippen LogP contribution in [0.15, 0.2) is 6.33 Å². The number of carboxylic acid groups (broad SMARTS) is 1. The minimum Gasteiger partial charge on any atom is -0.480 e. The molecule has 0 bridgehead atoms.